The van der Waals surface area contributed by atoms with Crippen molar-refractivity contribution in [2.45, 2.75) is 38.4 Å². The molecular weight excluding hydrogens is 381 g/mol. The van der Waals surface area contributed by atoms with E-state index in [9.17, 15) is 18.0 Å². The summed E-state index contributed by atoms with van der Waals surface area (Å²) in [4.78, 5) is 11.2. The van der Waals surface area contributed by atoms with Gasteiger partial charge in [-0.25, -0.2) is 4.68 Å². The molecule has 152 valence electrons. The third-order valence-electron chi connectivity index (χ3n) is 4.58. The summed E-state index contributed by atoms with van der Waals surface area (Å²) in [6, 6.07) is 16.2. The predicted molar refractivity (Wildman–Crippen MR) is 102 cm³/mol. The van der Waals surface area contributed by atoms with E-state index in [1.807, 2.05) is 29.7 Å². The number of hydrogen-bond acceptors (Lipinski definition) is 3. The molecule has 0 radical (unpaired) electrons. The fourth-order valence-electron chi connectivity index (χ4n) is 2.98. The van der Waals surface area contributed by atoms with Crippen molar-refractivity contribution in [1.29, 1.82) is 0 Å². The molecule has 0 bridgehead atoms. The van der Waals surface area contributed by atoms with Crippen molar-refractivity contribution in [3.8, 4) is 5.69 Å². The first kappa shape index (κ1) is 20.6. The van der Waals surface area contributed by atoms with Crippen LogP contribution in [-0.4, -0.2) is 27.1 Å². The average molecular weight is 402 g/mol. The largest absolute Gasteiger partial charge is 0.471 e. The summed E-state index contributed by atoms with van der Waals surface area (Å²) in [5.41, 5.74) is 3.40. The van der Waals surface area contributed by atoms with Crippen LogP contribution in [0.1, 0.15) is 36.2 Å². The van der Waals surface area contributed by atoms with Crippen LogP contribution in [0.15, 0.2) is 60.8 Å². The van der Waals surface area contributed by atoms with E-state index in [4.69, 9.17) is 0 Å². The van der Waals surface area contributed by atoms with E-state index in [1.165, 1.54) is 5.56 Å². The third kappa shape index (κ3) is 5.43. The number of benzene rings is 2. The zero-order valence-corrected chi connectivity index (χ0v) is 15.9. The van der Waals surface area contributed by atoms with Crippen LogP contribution in [-0.2, 0) is 17.6 Å². The van der Waals surface area contributed by atoms with Crippen LogP contribution in [0.25, 0.3) is 5.69 Å². The second kappa shape index (κ2) is 8.89. The molecule has 0 fully saturated rings. The summed E-state index contributed by atoms with van der Waals surface area (Å²) in [6.45, 7) is 1.71. The van der Waals surface area contributed by atoms with Crippen LogP contribution in [0.3, 0.4) is 0 Å². The van der Waals surface area contributed by atoms with Crippen LogP contribution >= 0.6 is 0 Å². The molecule has 29 heavy (non-hydrogen) atoms. The van der Waals surface area contributed by atoms with Gasteiger partial charge in [0.25, 0.3) is 0 Å². The highest BCUT2D eigenvalue weighted by Gasteiger charge is 2.39. The fraction of sp³-hybridized carbons (Fsp3) is 0.286. The van der Waals surface area contributed by atoms with Crippen LogP contribution in [0.5, 0.6) is 0 Å². The van der Waals surface area contributed by atoms with Gasteiger partial charge in [0.05, 0.1) is 23.6 Å². The first-order chi connectivity index (χ1) is 13.9. The maximum absolute atomic E-state index is 12.5. The number of aromatic nitrogens is 3. The van der Waals surface area contributed by atoms with Crippen LogP contribution in [0.4, 0.5) is 13.2 Å². The van der Waals surface area contributed by atoms with Crippen molar-refractivity contribution in [1.82, 2.24) is 20.3 Å². The van der Waals surface area contributed by atoms with Gasteiger partial charge in [0.15, 0.2) is 0 Å². The van der Waals surface area contributed by atoms with Gasteiger partial charge in [-0.1, -0.05) is 54.6 Å². The van der Waals surface area contributed by atoms with Gasteiger partial charge < -0.3 is 5.32 Å². The number of rotatable bonds is 7. The van der Waals surface area contributed by atoms with E-state index < -0.39 is 18.1 Å². The molecular formula is C21H21F3N4O. The SMILES string of the molecule is CCC(NC(=O)C(F)(F)F)c1ccc(-n2cc(CCc3ccccc3)nn2)cc1. The van der Waals surface area contributed by atoms with E-state index in [2.05, 4.69) is 22.4 Å². The standard InChI is InChI=1S/C21H21F3N4O/c1-2-19(25-20(29)21(22,23)24)16-9-12-18(13-10-16)28-14-17(26-27-28)11-8-15-6-4-3-5-7-15/h3-7,9-10,12-14,19H,2,8,11H2,1H3,(H,25,29). The van der Waals surface area contributed by atoms with Crippen molar-refractivity contribution < 1.29 is 18.0 Å². The Morgan fingerprint density at radius 2 is 1.76 bits per heavy atom. The van der Waals surface area contributed by atoms with Gasteiger partial charge in [-0.15, -0.1) is 5.10 Å². The molecule has 3 aromatic rings. The molecule has 1 amide bonds. The van der Waals surface area contributed by atoms with E-state index in [0.29, 0.717) is 12.0 Å². The van der Waals surface area contributed by atoms with Gasteiger partial charge in [0.2, 0.25) is 0 Å². The number of alkyl halides is 3. The van der Waals surface area contributed by atoms with Gasteiger partial charge in [-0.05, 0) is 42.5 Å². The summed E-state index contributed by atoms with van der Waals surface area (Å²) in [7, 11) is 0. The third-order valence-corrected chi connectivity index (χ3v) is 4.58. The van der Waals surface area contributed by atoms with E-state index >= 15 is 0 Å². The van der Waals surface area contributed by atoms with Crippen LogP contribution in [0.2, 0.25) is 0 Å². The highest BCUT2D eigenvalue weighted by molar-refractivity contribution is 5.82. The lowest BCUT2D eigenvalue weighted by Crippen LogP contribution is -2.38. The topological polar surface area (TPSA) is 59.8 Å². The molecule has 0 aliphatic rings. The van der Waals surface area contributed by atoms with Crippen molar-refractivity contribution in [3.63, 3.8) is 0 Å². The number of halogens is 3. The Morgan fingerprint density at radius 1 is 1.07 bits per heavy atom. The Labute approximate surface area is 166 Å². The molecule has 1 unspecified atom stereocenters. The monoisotopic (exact) mass is 402 g/mol. The first-order valence-corrected chi connectivity index (χ1v) is 9.30. The number of nitrogens with zero attached hydrogens (tertiary/aromatic N) is 3. The maximum Gasteiger partial charge on any atom is 0.471 e. The summed E-state index contributed by atoms with van der Waals surface area (Å²) in [6.07, 6.45) is -1.11. The fourth-order valence-corrected chi connectivity index (χ4v) is 2.98. The highest BCUT2D eigenvalue weighted by atomic mass is 19.4. The quantitative estimate of drug-likeness (QED) is 0.645. The summed E-state index contributed by atoms with van der Waals surface area (Å²) in [5.74, 6) is -1.94. The Morgan fingerprint density at radius 3 is 2.38 bits per heavy atom. The molecule has 3 rings (SSSR count). The number of hydrogen-bond donors (Lipinski definition) is 1. The number of carbonyl (C=O) groups is 1. The zero-order chi connectivity index (χ0) is 20.9. The van der Waals surface area contributed by atoms with Crippen molar-refractivity contribution in [3.05, 3.63) is 77.6 Å². The average Bonchev–Trinajstić information content (AvgIpc) is 3.19. The molecule has 1 atom stereocenters. The van der Waals surface area contributed by atoms with E-state index in [1.54, 1.807) is 35.9 Å². The molecule has 2 aromatic carbocycles. The molecule has 0 saturated heterocycles. The predicted octanol–water partition coefficient (Wildman–Crippen LogP) is 4.18. The van der Waals surface area contributed by atoms with Gasteiger partial charge >= 0.3 is 12.1 Å². The molecule has 0 spiro atoms. The van der Waals surface area contributed by atoms with Crippen molar-refractivity contribution >= 4 is 5.91 Å². The minimum atomic E-state index is -4.90. The smallest absolute Gasteiger partial charge is 0.341 e. The molecule has 0 saturated carbocycles. The molecule has 0 aliphatic heterocycles. The Hall–Kier alpha value is -3.16. The van der Waals surface area contributed by atoms with Gasteiger partial charge in [-0.3, -0.25) is 4.79 Å². The molecule has 1 heterocycles. The summed E-state index contributed by atoms with van der Waals surface area (Å²) in [5, 5.41) is 10.3. The minimum absolute atomic E-state index is 0.341. The van der Waals surface area contributed by atoms with Gasteiger partial charge in [-0.2, -0.15) is 13.2 Å². The Bertz CT molecular complexity index is 937. The van der Waals surface area contributed by atoms with E-state index in [0.717, 1.165) is 24.2 Å². The Balaban J connectivity index is 1.65. The van der Waals surface area contributed by atoms with Crippen LogP contribution in [0, 0.1) is 0 Å². The number of nitrogens with one attached hydrogen (secondary N) is 1. The lowest BCUT2D eigenvalue weighted by molar-refractivity contribution is -0.174. The zero-order valence-electron chi connectivity index (χ0n) is 15.9. The second-order valence-corrected chi connectivity index (χ2v) is 6.66. The van der Waals surface area contributed by atoms with Crippen LogP contribution < -0.4 is 5.32 Å². The lowest BCUT2D eigenvalue weighted by atomic mass is 10.0. The Kier molecular flexibility index (Phi) is 6.31. The second-order valence-electron chi connectivity index (χ2n) is 6.66. The van der Waals surface area contributed by atoms with Gasteiger partial charge in [0.1, 0.15) is 0 Å². The minimum Gasteiger partial charge on any atom is -0.341 e. The number of amides is 1. The molecule has 8 heteroatoms. The summed E-state index contributed by atoms with van der Waals surface area (Å²) >= 11 is 0. The molecule has 1 aromatic heterocycles. The van der Waals surface area contributed by atoms with Crippen molar-refractivity contribution in [2.75, 3.05) is 0 Å². The maximum atomic E-state index is 12.5. The normalized spacial score (nSPS) is 12.6. The molecule has 1 N–H and O–H groups in total. The first-order valence-electron chi connectivity index (χ1n) is 9.30. The number of carbonyl (C=O) groups excluding carboxylic acids is 1. The molecule has 0 aliphatic carbocycles. The van der Waals surface area contributed by atoms with Crippen molar-refractivity contribution in [2.24, 2.45) is 0 Å². The molecule has 5 nitrogen and oxygen atoms in total. The van der Waals surface area contributed by atoms with E-state index in [-0.39, 0.29) is 0 Å². The number of aryl methyl sites for hydroxylation is 2. The lowest BCUT2D eigenvalue weighted by Gasteiger charge is -2.18. The summed E-state index contributed by atoms with van der Waals surface area (Å²) < 4.78 is 39.1. The van der Waals surface area contributed by atoms with Gasteiger partial charge in [0, 0.05) is 0 Å². The highest BCUT2D eigenvalue weighted by Crippen LogP contribution is 2.22.